The Morgan fingerprint density at radius 2 is 2.37 bits per heavy atom. The van der Waals surface area contributed by atoms with Crippen LogP contribution in [-0.2, 0) is 13.6 Å². The molecule has 19 heavy (non-hydrogen) atoms. The molecule has 0 aliphatic heterocycles. The first-order valence-corrected chi connectivity index (χ1v) is 6.38. The molecule has 3 N–H and O–H groups in total. The zero-order valence-corrected chi connectivity index (χ0v) is 10.8. The Morgan fingerprint density at radius 1 is 1.58 bits per heavy atom. The maximum atomic E-state index is 12.2. The maximum absolute atomic E-state index is 12.2. The molecule has 1 aliphatic carbocycles. The fourth-order valence-corrected chi connectivity index (χ4v) is 2.15. The molecule has 0 bridgehead atoms. The molecule has 2 aromatic heterocycles. The Labute approximate surface area is 111 Å². The van der Waals surface area contributed by atoms with Gasteiger partial charge < -0.3 is 15.6 Å². The number of anilines is 1. The molecule has 1 saturated carbocycles. The summed E-state index contributed by atoms with van der Waals surface area (Å²) in [5.74, 6) is 0.512. The lowest BCUT2D eigenvalue weighted by atomic mass is 10.3. The lowest BCUT2D eigenvalue weighted by Gasteiger charge is -2.08. The largest absolute Gasteiger partial charge is 0.384 e. The number of aromatic nitrogens is 3. The number of hydrogen-bond acceptors (Lipinski definition) is 3. The molecule has 0 atom stereocenters. The number of carbonyl (C=O) groups is 1. The molecule has 6 nitrogen and oxygen atoms in total. The molecule has 1 amide bonds. The normalized spacial score (nSPS) is 14.6. The van der Waals surface area contributed by atoms with E-state index < -0.39 is 0 Å². The van der Waals surface area contributed by atoms with E-state index in [0.29, 0.717) is 24.1 Å². The number of nitrogen functional groups attached to an aromatic ring is 1. The SMILES string of the molecule is Cn1ncc(CNC(=O)c2cccn2C2CC2)c1N. The fourth-order valence-electron chi connectivity index (χ4n) is 2.15. The molecule has 2 heterocycles. The van der Waals surface area contributed by atoms with Gasteiger partial charge in [-0.3, -0.25) is 9.48 Å². The molecular weight excluding hydrogens is 242 g/mol. The maximum Gasteiger partial charge on any atom is 0.268 e. The van der Waals surface area contributed by atoms with Crippen LogP contribution in [0.1, 0.15) is 34.9 Å². The molecule has 1 aliphatic rings. The number of rotatable bonds is 4. The molecule has 0 unspecified atom stereocenters. The molecule has 6 heteroatoms. The molecule has 1 fully saturated rings. The van der Waals surface area contributed by atoms with Crippen molar-refractivity contribution in [3.05, 3.63) is 35.8 Å². The van der Waals surface area contributed by atoms with Crippen LogP contribution in [0.4, 0.5) is 5.82 Å². The minimum Gasteiger partial charge on any atom is -0.384 e. The summed E-state index contributed by atoms with van der Waals surface area (Å²) in [6.07, 6.45) is 5.95. The minimum absolute atomic E-state index is 0.0693. The molecule has 0 radical (unpaired) electrons. The second-order valence-electron chi connectivity index (χ2n) is 4.89. The molecule has 0 spiro atoms. The van der Waals surface area contributed by atoms with Crippen molar-refractivity contribution in [1.29, 1.82) is 0 Å². The third kappa shape index (κ3) is 2.21. The Kier molecular flexibility index (Phi) is 2.77. The van der Waals surface area contributed by atoms with Crippen LogP contribution in [0, 0.1) is 0 Å². The van der Waals surface area contributed by atoms with Gasteiger partial charge in [-0.05, 0) is 25.0 Å². The molecular formula is C13H17N5O. The van der Waals surface area contributed by atoms with Crippen LogP contribution in [0.5, 0.6) is 0 Å². The van der Waals surface area contributed by atoms with Crippen molar-refractivity contribution in [2.45, 2.75) is 25.4 Å². The molecule has 2 aromatic rings. The first-order chi connectivity index (χ1) is 9.16. The van der Waals surface area contributed by atoms with Gasteiger partial charge in [0, 0.05) is 31.4 Å². The van der Waals surface area contributed by atoms with Crippen LogP contribution in [-0.4, -0.2) is 20.3 Å². The van der Waals surface area contributed by atoms with Gasteiger partial charge in [0.15, 0.2) is 0 Å². The van der Waals surface area contributed by atoms with Crippen LogP contribution in [0.2, 0.25) is 0 Å². The van der Waals surface area contributed by atoms with E-state index in [4.69, 9.17) is 5.73 Å². The second-order valence-corrected chi connectivity index (χ2v) is 4.89. The molecule has 100 valence electrons. The summed E-state index contributed by atoms with van der Waals surface area (Å²) in [6.45, 7) is 0.397. The first-order valence-electron chi connectivity index (χ1n) is 6.38. The molecule has 0 aromatic carbocycles. The van der Waals surface area contributed by atoms with Gasteiger partial charge in [0.05, 0.1) is 6.20 Å². The van der Waals surface area contributed by atoms with Gasteiger partial charge >= 0.3 is 0 Å². The van der Waals surface area contributed by atoms with Gasteiger partial charge in [-0.2, -0.15) is 5.10 Å². The number of aryl methyl sites for hydroxylation is 1. The van der Waals surface area contributed by atoms with Crippen LogP contribution in [0.15, 0.2) is 24.5 Å². The first kappa shape index (κ1) is 11.8. The molecule has 3 rings (SSSR count). The van der Waals surface area contributed by atoms with E-state index >= 15 is 0 Å². The van der Waals surface area contributed by atoms with E-state index in [1.54, 1.807) is 17.9 Å². The van der Waals surface area contributed by atoms with Crippen molar-refractivity contribution in [2.24, 2.45) is 7.05 Å². The Balaban J connectivity index is 1.68. The van der Waals surface area contributed by atoms with Crippen molar-refractivity contribution in [3.63, 3.8) is 0 Å². The Hall–Kier alpha value is -2.24. The third-order valence-electron chi connectivity index (χ3n) is 3.46. The van der Waals surface area contributed by atoms with E-state index in [1.807, 2.05) is 22.9 Å². The number of nitrogens with zero attached hydrogens (tertiary/aromatic N) is 3. The highest BCUT2D eigenvalue weighted by molar-refractivity contribution is 5.92. The lowest BCUT2D eigenvalue weighted by molar-refractivity contribution is 0.0941. The van der Waals surface area contributed by atoms with Gasteiger partial charge in [-0.15, -0.1) is 0 Å². The molecule has 0 saturated heterocycles. The summed E-state index contributed by atoms with van der Waals surface area (Å²) in [7, 11) is 1.78. The average molecular weight is 259 g/mol. The topological polar surface area (TPSA) is 77.9 Å². The van der Waals surface area contributed by atoms with E-state index in [0.717, 1.165) is 18.4 Å². The summed E-state index contributed by atoms with van der Waals surface area (Å²) in [5.41, 5.74) is 7.39. The highest BCUT2D eigenvalue weighted by atomic mass is 16.1. The van der Waals surface area contributed by atoms with Gasteiger partial charge in [-0.25, -0.2) is 0 Å². The number of amides is 1. The van der Waals surface area contributed by atoms with E-state index in [-0.39, 0.29) is 5.91 Å². The highest BCUT2D eigenvalue weighted by Gasteiger charge is 2.26. The second kappa shape index (κ2) is 4.46. The summed E-state index contributed by atoms with van der Waals surface area (Å²) < 4.78 is 3.64. The van der Waals surface area contributed by atoms with E-state index in [2.05, 4.69) is 10.4 Å². The van der Waals surface area contributed by atoms with E-state index in [9.17, 15) is 4.79 Å². The average Bonchev–Trinajstić information content (AvgIpc) is 3.05. The van der Waals surface area contributed by atoms with Crippen molar-refractivity contribution < 1.29 is 4.79 Å². The number of hydrogen-bond donors (Lipinski definition) is 2. The number of nitrogens with two attached hydrogens (primary N) is 1. The number of nitrogens with one attached hydrogen (secondary N) is 1. The van der Waals surface area contributed by atoms with Crippen molar-refractivity contribution >= 4 is 11.7 Å². The third-order valence-corrected chi connectivity index (χ3v) is 3.46. The van der Waals surface area contributed by atoms with Crippen molar-refractivity contribution in [1.82, 2.24) is 19.7 Å². The summed E-state index contributed by atoms with van der Waals surface area (Å²) in [6, 6.07) is 4.26. The number of carbonyl (C=O) groups excluding carboxylic acids is 1. The fraction of sp³-hybridized carbons (Fsp3) is 0.385. The smallest absolute Gasteiger partial charge is 0.268 e. The Bertz CT molecular complexity index is 608. The summed E-state index contributed by atoms with van der Waals surface area (Å²) in [4.78, 5) is 12.2. The van der Waals surface area contributed by atoms with Crippen LogP contribution >= 0.6 is 0 Å². The van der Waals surface area contributed by atoms with Gasteiger partial charge in [-0.1, -0.05) is 0 Å². The predicted octanol–water partition coefficient (Wildman–Crippen LogP) is 1.07. The Morgan fingerprint density at radius 3 is 3.00 bits per heavy atom. The summed E-state index contributed by atoms with van der Waals surface area (Å²) >= 11 is 0. The predicted molar refractivity (Wildman–Crippen MR) is 71.5 cm³/mol. The van der Waals surface area contributed by atoms with Gasteiger partial charge in [0.25, 0.3) is 5.91 Å². The minimum atomic E-state index is -0.0693. The monoisotopic (exact) mass is 259 g/mol. The van der Waals surface area contributed by atoms with Crippen LogP contribution in [0.3, 0.4) is 0 Å². The van der Waals surface area contributed by atoms with Gasteiger partial charge in [0.2, 0.25) is 0 Å². The highest BCUT2D eigenvalue weighted by Crippen LogP contribution is 2.35. The van der Waals surface area contributed by atoms with Crippen LogP contribution < -0.4 is 11.1 Å². The van der Waals surface area contributed by atoms with Crippen LogP contribution in [0.25, 0.3) is 0 Å². The zero-order valence-electron chi connectivity index (χ0n) is 10.8. The zero-order chi connectivity index (χ0) is 13.4. The van der Waals surface area contributed by atoms with Crippen molar-refractivity contribution in [2.75, 3.05) is 5.73 Å². The summed E-state index contributed by atoms with van der Waals surface area (Å²) in [5, 5.41) is 6.93. The van der Waals surface area contributed by atoms with Gasteiger partial charge in [0.1, 0.15) is 11.5 Å². The lowest BCUT2D eigenvalue weighted by Crippen LogP contribution is -2.25. The standard InChI is InChI=1S/C13H17N5O/c1-17-12(14)9(8-16-17)7-15-13(19)11-3-2-6-18(11)10-4-5-10/h2-3,6,8,10H,4-5,7,14H2,1H3,(H,15,19). The quantitative estimate of drug-likeness (QED) is 0.862. The van der Waals surface area contributed by atoms with E-state index in [1.165, 1.54) is 0 Å². The van der Waals surface area contributed by atoms with Crippen molar-refractivity contribution in [3.8, 4) is 0 Å².